The van der Waals surface area contributed by atoms with Crippen molar-refractivity contribution < 1.29 is 4.42 Å². The zero-order valence-electron chi connectivity index (χ0n) is 25.6. The number of aromatic nitrogens is 1. The van der Waals surface area contributed by atoms with Gasteiger partial charge in [-0.25, -0.2) is 0 Å². The highest BCUT2D eigenvalue weighted by atomic mass is 16.3. The van der Waals surface area contributed by atoms with Crippen LogP contribution in [0, 0.1) is 0 Å². The summed E-state index contributed by atoms with van der Waals surface area (Å²) in [6, 6.07) is 36.1. The van der Waals surface area contributed by atoms with E-state index in [4.69, 9.17) is 4.42 Å². The summed E-state index contributed by atoms with van der Waals surface area (Å²) in [4.78, 5) is 6.31. The van der Waals surface area contributed by atoms with Gasteiger partial charge in [-0.15, -0.1) is 0 Å². The lowest BCUT2D eigenvalue weighted by molar-refractivity contribution is 0.632. The summed E-state index contributed by atoms with van der Waals surface area (Å²) in [6.45, 7) is 7.05. The first kappa shape index (κ1) is 25.8. The van der Waals surface area contributed by atoms with Crippen molar-refractivity contribution in [3.63, 3.8) is 0 Å². The molecule has 0 atom stereocenters. The minimum Gasteiger partial charge on any atom is -0.440 e. The third-order valence-electron chi connectivity index (χ3n) is 10.3. The number of anilines is 3. The predicted molar refractivity (Wildman–Crippen MR) is 187 cm³/mol. The number of unbranched alkanes of at least 4 members (excludes halogenated alkanes) is 2. The molecule has 7 aromatic rings. The SMILES string of the molecule is CCCCCc1cc(-c2cccc3c2[nH]c2oc4ccccc4c23)c2c(c1)N1c3ccccc3C(C)(C)c3cccc(c31)B2. The summed E-state index contributed by atoms with van der Waals surface area (Å²) in [5.74, 6) is 0. The summed E-state index contributed by atoms with van der Waals surface area (Å²) >= 11 is 0. The van der Waals surface area contributed by atoms with E-state index in [1.807, 2.05) is 6.07 Å². The lowest BCUT2D eigenvalue weighted by Crippen LogP contribution is -2.45. The van der Waals surface area contributed by atoms with E-state index >= 15 is 0 Å². The molecule has 2 aliphatic rings. The number of H-pyrrole nitrogens is 1. The highest BCUT2D eigenvalue weighted by molar-refractivity contribution is 6.73. The molecule has 3 nitrogen and oxygen atoms in total. The summed E-state index contributed by atoms with van der Waals surface area (Å²) in [6.07, 6.45) is 4.75. The highest BCUT2D eigenvalue weighted by Crippen LogP contribution is 2.52. The van der Waals surface area contributed by atoms with Crippen LogP contribution in [0.15, 0.2) is 101 Å². The smallest absolute Gasteiger partial charge is 0.206 e. The zero-order chi connectivity index (χ0) is 29.6. The van der Waals surface area contributed by atoms with Crippen LogP contribution < -0.4 is 15.8 Å². The van der Waals surface area contributed by atoms with E-state index in [1.54, 1.807) is 0 Å². The maximum atomic E-state index is 6.33. The molecule has 0 fully saturated rings. The first-order valence-corrected chi connectivity index (χ1v) is 16.1. The van der Waals surface area contributed by atoms with E-state index in [-0.39, 0.29) is 5.41 Å². The van der Waals surface area contributed by atoms with Crippen LogP contribution in [0.4, 0.5) is 17.1 Å². The molecule has 0 spiro atoms. The molecule has 0 amide bonds. The van der Waals surface area contributed by atoms with Crippen molar-refractivity contribution in [1.82, 2.24) is 4.98 Å². The van der Waals surface area contributed by atoms with Gasteiger partial charge in [-0.1, -0.05) is 118 Å². The molecule has 0 unspecified atom stereocenters. The fourth-order valence-electron chi connectivity index (χ4n) is 8.10. The van der Waals surface area contributed by atoms with E-state index in [1.165, 1.54) is 85.8 Å². The van der Waals surface area contributed by atoms with Crippen LogP contribution in [0.5, 0.6) is 0 Å². The van der Waals surface area contributed by atoms with Crippen molar-refractivity contribution in [2.45, 2.75) is 51.9 Å². The van der Waals surface area contributed by atoms with Crippen molar-refractivity contribution in [3.05, 3.63) is 114 Å². The number of rotatable bonds is 5. The third-order valence-corrected chi connectivity index (χ3v) is 10.3. The van der Waals surface area contributed by atoms with Gasteiger partial charge in [0.2, 0.25) is 5.71 Å². The molecule has 0 saturated carbocycles. The first-order valence-electron chi connectivity index (χ1n) is 16.1. The standard InChI is InChI=1S/C40H35BN2O/c1-4-5-6-13-24-22-28(25-15-11-16-27-35-26-14-7-10-21-34(26)44-39(35)42-37(25)27)36-33(23-24)43-32-20-9-8-17-29(32)40(2,3)30-18-12-19-31(41-36)38(30)43/h7-12,14-23,41-42H,4-6,13H2,1-3H3. The number of benzene rings is 5. The molecule has 9 rings (SSSR count). The minimum absolute atomic E-state index is 0.0653. The van der Waals surface area contributed by atoms with Gasteiger partial charge >= 0.3 is 0 Å². The van der Waals surface area contributed by atoms with Gasteiger partial charge in [0.15, 0.2) is 7.28 Å². The predicted octanol–water partition coefficient (Wildman–Crippen LogP) is 9.28. The number of aromatic amines is 1. The lowest BCUT2D eigenvalue weighted by atomic mass is 9.55. The van der Waals surface area contributed by atoms with Crippen molar-refractivity contribution >= 4 is 68.2 Å². The molecule has 0 saturated heterocycles. The molecule has 214 valence electrons. The van der Waals surface area contributed by atoms with Gasteiger partial charge in [-0.2, -0.15) is 0 Å². The highest BCUT2D eigenvalue weighted by Gasteiger charge is 2.41. The maximum Gasteiger partial charge on any atom is 0.206 e. The zero-order valence-corrected chi connectivity index (χ0v) is 25.6. The Kier molecular flexibility index (Phi) is 5.51. The van der Waals surface area contributed by atoms with Crippen LogP contribution in [0.1, 0.15) is 56.7 Å². The fraction of sp³-hybridized carbons (Fsp3) is 0.200. The molecule has 1 N–H and O–H groups in total. The number of hydrogen-bond acceptors (Lipinski definition) is 2. The molecule has 44 heavy (non-hydrogen) atoms. The van der Waals surface area contributed by atoms with Crippen LogP contribution in [0.2, 0.25) is 0 Å². The number of hydrogen-bond donors (Lipinski definition) is 1. The van der Waals surface area contributed by atoms with Crippen molar-refractivity contribution in [2.75, 3.05) is 4.90 Å². The Bertz CT molecular complexity index is 2270. The summed E-state index contributed by atoms with van der Waals surface area (Å²) in [7, 11) is 0.911. The second kappa shape index (κ2) is 9.40. The van der Waals surface area contributed by atoms with E-state index in [9.17, 15) is 0 Å². The lowest BCUT2D eigenvalue weighted by Gasteiger charge is -2.46. The van der Waals surface area contributed by atoms with Gasteiger partial charge in [0, 0.05) is 33.1 Å². The Morgan fingerprint density at radius 2 is 1.57 bits per heavy atom. The number of nitrogens with one attached hydrogen (secondary N) is 1. The first-order chi connectivity index (χ1) is 21.5. The Balaban J connectivity index is 1.33. The number of nitrogens with zero attached hydrogens (tertiary/aromatic N) is 1. The van der Waals surface area contributed by atoms with Crippen molar-refractivity contribution in [1.29, 1.82) is 0 Å². The van der Waals surface area contributed by atoms with E-state index < -0.39 is 0 Å². The molecule has 0 bridgehead atoms. The fourth-order valence-corrected chi connectivity index (χ4v) is 8.10. The summed E-state index contributed by atoms with van der Waals surface area (Å²) in [5, 5.41) is 3.55. The molecule has 4 heteroatoms. The molecule has 0 radical (unpaired) electrons. The van der Waals surface area contributed by atoms with Crippen LogP contribution in [0.25, 0.3) is 44.1 Å². The van der Waals surface area contributed by atoms with Gasteiger partial charge in [0.25, 0.3) is 0 Å². The molecular formula is C40H35BN2O. The van der Waals surface area contributed by atoms with E-state index in [0.29, 0.717) is 0 Å². The molecular weight excluding hydrogens is 535 g/mol. The molecule has 2 aromatic heterocycles. The van der Waals surface area contributed by atoms with Crippen molar-refractivity contribution in [3.8, 4) is 11.1 Å². The van der Waals surface area contributed by atoms with E-state index in [0.717, 1.165) is 35.9 Å². The minimum atomic E-state index is -0.0653. The van der Waals surface area contributed by atoms with Gasteiger partial charge in [-0.05, 0) is 58.8 Å². The van der Waals surface area contributed by atoms with Crippen LogP contribution in [0.3, 0.4) is 0 Å². The Morgan fingerprint density at radius 1 is 0.773 bits per heavy atom. The monoisotopic (exact) mass is 570 g/mol. The number of fused-ring (bicyclic) bond motifs is 9. The number of aryl methyl sites for hydroxylation is 1. The quantitative estimate of drug-likeness (QED) is 0.165. The number of para-hydroxylation sites is 4. The Labute approximate surface area is 258 Å². The normalized spacial score (nSPS) is 14.5. The third kappa shape index (κ3) is 3.51. The van der Waals surface area contributed by atoms with Gasteiger partial charge in [0.1, 0.15) is 5.58 Å². The topological polar surface area (TPSA) is 32.2 Å². The molecule has 5 aromatic carbocycles. The Hall–Kier alpha value is -4.70. The van der Waals surface area contributed by atoms with Gasteiger partial charge < -0.3 is 14.3 Å². The van der Waals surface area contributed by atoms with Crippen LogP contribution >= 0.6 is 0 Å². The number of furan rings is 1. The summed E-state index contributed by atoms with van der Waals surface area (Å²) < 4.78 is 6.33. The van der Waals surface area contributed by atoms with Gasteiger partial charge in [-0.3, -0.25) is 0 Å². The average molecular weight is 571 g/mol. The largest absolute Gasteiger partial charge is 0.440 e. The maximum absolute atomic E-state index is 6.33. The molecule has 2 aliphatic heterocycles. The second-order valence-corrected chi connectivity index (χ2v) is 13.2. The summed E-state index contributed by atoms with van der Waals surface area (Å²) in [5.41, 5.74) is 16.4. The molecule has 4 heterocycles. The van der Waals surface area contributed by atoms with E-state index in [2.05, 4.69) is 122 Å². The van der Waals surface area contributed by atoms with Gasteiger partial charge in [0.05, 0.1) is 16.6 Å². The Morgan fingerprint density at radius 3 is 2.48 bits per heavy atom. The van der Waals surface area contributed by atoms with Crippen LogP contribution in [-0.4, -0.2) is 12.3 Å². The average Bonchev–Trinajstić information content (AvgIpc) is 3.59. The van der Waals surface area contributed by atoms with Crippen LogP contribution in [-0.2, 0) is 11.8 Å². The molecule has 0 aliphatic carbocycles. The second-order valence-electron chi connectivity index (χ2n) is 13.2. The van der Waals surface area contributed by atoms with Crippen molar-refractivity contribution in [2.24, 2.45) is 0 Å².